The van der Waals surface area contributed by atoms with Crippen molar-refractivity contribution in [2.24, 2.45) is 28.6 Å². The molecule has 1 amide bonds. The predicted octanol–water partition coefficient (Wildman–Crippen LogP) is 4.32. The molecular weight excluding hydrogens is 420 g/mol. The molecular formula is C26H36N2O3S. The van der Waals surface area contributed by atoms with Crippen LogP contribution in [0.1, 0.15) is 52.4 Å². The van der Waals surface area contributed by atoms with Gasteiger partial charge in [-0.3, -0.25) is 4.79 Å². The van der Waals surface area contributed by atoms with Crippen molar-refractivity contribution >= 4 is 16.9 Å². The van der Waals surface area contributed by atoms with Gasteiger partial charge >= 0.3 is 0 Å². The Bertz CT molecular complexity index is 947. The Morgan fingerprint density at radius 2 is 1.81 bits per heavy atom. The summed E-state index contributed by atoms with van der Waals surface area (Å²) in [7, 11) is 2.41. The molecule has 3 unspecified atom stereocenters. The second kappa shape index (κ2) is 7.98. The van der Waals surface area contributed by atoms with Crippen molar-refractivity contribution in [2.45, 2.75) is 69.4 Å². The molecule has 1 aliphatic heterocycles. The highest BCUT2D eigenvalue weighted by Crippen LogP contribution is 2.64. The maximum atomic E-state index is 13.1. The molecule has 32 heavy (non-hydrogen) atoms. The summed E-state index contributed by atoms with van der Waals surface area (Å²) in [6.45, 7) is 4.82. The molecule has 0 bridgehead atoms. The molecule has 1 N–H and O–H groups in total. The number of fused-ring (bicyclic) bond motifs is 5. The van der Waals surface area contributed by atoms with E-state index in [1.54, 1.807) is 7.11 Å². The number of carbonyl (C=O) groups excluding carboxylic acids is 1. The Kier molecular flexibility index (Phi) is 5.52. The first kappa shape index (κ1) is 22.1. The molecule has 0 aromatic heterocycles. The fourth-order valence-electron chi connectivity index (χ4n) is 7.83. The van der Waals surface area contributed by atoms with E-state index in [1.807, 2.05) is 42.3 Å². The largest absolute Gasteiger partial charge is 0.497 e. The summed E-state index contributed by atoms with van der Waals surface area (Å²) in [5, 5.41) is 0. The van der Waals surface area contributed by atoms with Crippen LogP contribution in [0.15, 0.2) is 41.3 Å². The maximum absolute atomic E-state index is 13.1. The molecule has 3 fully saturated rings. The molecule has 5 nitrogen and oxygen atoms in total. The molecule has 3 saturated carbocycles. The van der Waals surface area contributed by atoms with E-state index < -0.39 is 11.0 Å². The molecule has 0 radical (unpaired) electrons. The van der Waals surface area contributed by atoms with Crippen LogP contribution in [0.5, 0.6) is 5.75 Å². The Hall–Kier alpha value is -1.66. The summed E-state index contributed by atoms with van der Waals surface area (Å²) in [6, 6.07) is 8.12. The second-order valence-electron chi connectivity index (χ2n) is 10.9. The molecule has 8 atom stereocenters. The van der Waals surface area contributed by atoms with Crippen molar-refractivity contribution in [3.8, 4) is 5.75 Å². The lowest BCUT2D eigenvalue weighted by Crippen LogP contribution is -2.60. The SMILES string of the molecule is COc1ccc(S(=O)NC2CC[C@H]3[C@@H]4CCC5N(C)C(=O)C=C[C@]5(C)[C@@H]4CC[C@]23C)cc1. The third kappa shape index (κ3) is 3.28. The summed E-state index contributed by atoms with van der Waals surface area (Å²) in [5.41, 5.74) is 0.247. The zero-order chi connectivity index (χ0) is 22.7. The Morgan fingerprint density at radius 1 is 1.06 bits per heavy atom. The molecule has 5 rings (SSSR count). The number of ether oxygens (including phenoxy) is 1. The number of benzene rings is 1. The number of hydrogen-bond donors (Lipinski definition) is 1. The van der Waals surface area contributed by atoms with E-state index in [0.717, 1.165) is 29.9 Å². The van der Waals surface area contributed by atoms with Gasteiger partial charge < -0.3 is 9.64 Å². The lowest BCUT2D eigenvalue weighted by Gasteiger charge is -2.60. The van der Waals surface area contributed by atoms with Gasteiger partial charge in [0.25, 0.3) is 0 Å². The van der Waals surface area contributed by atoms with Crippen molar-refractivity contribution in [3.05, 3.63) is 36.4 Å². The number of rotatable bonds is 4. The van der Waals surface area contributed by atoms with E-state index in [1.165, 1.54) is 19.3 Å². The minimum absolute atomic E-state index is 0.0737. The average Bonchev–Trinajstić information content (AvgIpc) is 3.13. The van der Waals surface area contributed by atoms with Crippen LogP contribution in [0.3, 0.4) is 0 Å². The zero-order valence-electron chi connectivity index (χ0n) is 19.7. The Labute approximate surface area is 194 Å². The van der Waals surface area contributed by atoms with Gasteiger partial charge in [-0.2, -0.15) is 0 Å². The number of methoxy groups -OCH3 is 1. The van der Waals surface area contributed by atoms with Crippen LogP contribution in [-0.4, -0.2) is 41.3 Å². The molecule has 4 aliphatic rings. The number of nitrogens with one attached hydrogen (secondary N) is 1. The van der Waals surface area contributed by atoms with Crippen LogP contribution >= 0.6 is 0 Å². The van der Waals surface area contributed by atoms with E-state index >= 15 is 0 Å². The second-order valence-corrected chi connectivity index (χ2v) is 12.1. The summed E-state index contributed by atoms with van der Waals surface area (Å²) < 4.78 is 21.9. The van der Waals surface area contributed by atoms with Gasteiger partial charge in [-0.25, -0.2) is 8.93 Å². The van der Waals surface area contributed by atoms with Gasteiger partial charge in [-0.1, -0.05) is 19.9 Å². The Balaban J connectivity index is 1.34. The number of hydrogen-bond acceptors (Lipinski definition) is 3. The number of nitrogens with zero attached hydrogens (tertiary/aromatic N) is 1. The first-order chi connectivity index (χ1) is 15.3. The molecule has 1 aromatic carbocycles. The minimum atomic E-state index is -1.22. The zero-order valence-corrected chi connectivity index (χ0v) is 20.5. The van der Waals surface area contributed by atoms with Crippen LogP contribution in [-0.2, 0) is 15.8 Å². The fourth-order valence-corrected chi connectivity index (χ4v) is 8.99. The Morgan fingerprint density at radius 3 is 2.53 bits per heavy atom. The van der Waals surface area contributed by atoms with Crippen molar-refractivity contribution in [1.29, 1.82) is 0 Å². The normalized spacial score (nSPS) is 41.6. The van der Waals surface area contributed by atoms with Crippen molar-refractivity contribution in [3.63, 3.8) is 0 Å². The highest BCUT2D eigenvalue weighted by atomic mass is 32.2. The van der Waals surface area contributed by atoms with Crippen LogP contribution in [0.25, 0.3) is 0 Å². The monoisotopic (exact) mass is 456 g/mol. The van der Waals surface area contributed by atoms with Crippen LogP contribution in [0.2, 0.25) is 0 Å². The number of amides is 1. The lowest BCUT2D eigenvalue weighted by molar-refractivity contribution is -0.138. The molecule has 174 valence electrons. The third-order valence-electron chi connectivity index (χ3n) is 9.65. The van der Waals surface area contributed by atoms with E-state index in [2.05, 4.69) is 24.6 Å². The van der Waals surface area contributed by atoms with Gasteiger partial charge in [-0.05, 0) is 92.0 Å². The van der Waals surface area contributed by atoms with E-state index in [4.69, 9.17) is 4.74 Å². The molecule has 6 heteroatoms. The van der Waals surface area contributed by atoms with Crippen molar-refractivity contribution < 1.29 is 13.7 Å². The quantitative estimate of drug-likeness (QED) is 0.734. The minimum Gasteiger partial charge on any atom is -0.497 e. The predicted molar refractivity (Wildman–Crippen MR) is 126 cm³/mol. The summed E-state index contributed by atoms with van der Waals surface area (Å²) >= 11 is 0. The average molecular weight is 457 g/mol. The number of carbonyl (C=O) groups is 1. The summed E-state index contributed by atoms with van der Waals surface area (Å²) in [5.74, 6) is 2.89. The van der Waals surface area contributed by atoms with E-state index in [-0.39, 0.29) is 22.8 Å². The van der Waals surface area contributed by atoms with Crippen LogP contribution < -0.4 is 9.46 Å². The van der Waals surface area contributed by atoms with E-state index in [9.17, 15) is 9.00 Å². The summed E-state index contributed by atoms with van der Waals surface area (Å²) in [4.78, 5) is 15.1. The van der Waals surface area contributed by atoms with Gasteiger partial charge in [0.05, 0.1) is 12.0 Å². The summed E-state index contributed by atoms with van der Waals surface area (Å²) in [6.07, 6.45) is 11.0. The highest BCUT2D eigenvalue weighted by molar-refractivity contribution is 7.83. The highest BCUT2D eigenvalue weighted by Gasteiger charge is 2.60. The van der Waals surface area contributed by atoms with Crippen LogP contribution in [0, 0.1) is 28.6 Å². The maximum Gasteiger partial charge on any atom is 0.246 e. The first-order valence-corrected chi connectivity index (χ1v) is 13.2. The number of likely N-dealkylation sites (N-methyl/N-ethyl adjacent to an activating group) is 1. The van der Waals surface area contributed by atoms with Gasteiger partial charge in [0.2, 0.25) is 5.91 Å². The van der Waals surface area contributed by atoms with Crippen LogP contribution in [0.4, 0.5) is 0 Å². The third-order valence-corrected chi connectivity index (χ3v) is 10.8. The van der Waals surface area contributed by atoms with Crippen molar-refractivity contribution in [2.75, 3.05) is 14.2 Å². The molecule has 1 aromatic rings. The van der Waals surface area contributed by atoms with Gasteiger partial charge in [-0.15, -0.1) is 0 Å². The van der Waals surface area contributed by atoms with Gasteiger partial charge in [0.1, 0.15) is 16.7 Å². The first-order valence-electron chi connectivity index (χ1n) is 12.1. The topological polar surface area (TPSA) is 58.6 Å². The fraction of sp³-hybridized carbons (Fsp3) is 0.654. The molecule has 1 heterocycles. The van der Waals surface area contributed by atoms with Crippen molar-refractivity contribution in [1.82, 2.24) is 9.62 Å². The van der Waals surface area contributed by atoms with Gasteiger partial charge in [0.15, 0.2) is 0 Å². The van der Waals surface area contributed by atoms with E-state index in [0.29, 0.717) is 23.8 Å². The van der Waals surface area contributed by atoms with Gasteiger partial charge in [0, 0.05) is 24.5 Å². The lowest BCUT2D eigenvalue weighted by atomic mass is 9.48. The standard InChI is InChI=1S/C26H36N2O3S/c1-25-15-13-21-19(9-12-23-26(21,2)16-14-24(29)28(23)3)20(25)10-11-22(25)27-32(30)18-7-5-17(31-4)6-8-18/h5-8,14,16,19-23,27H,9-13,15H2,1-4H3/t19-,20-,21+,22?,23?,25-,26+,32?/m0/s1. The molecule has 0 saturated heterocycles. The molecule has 3 aliphatic carbocycles. The smallest absolute Gasteiger partial charge is 0.246 e. The molecule has 0 spiro atoms.